The Balaban J connectivity index is 2.72. The van der Waals surface area contributed by atoms with Gasteiger partial charge in [-0.2, -0.15) is 4.79 Å². The van der Waals surface area contributed by atoms with Gasteiger partial charge in [-0.3, -0.25) is 0 Å². The number of nitrogens with one attached hydrogen (secondary N) is 1. The third-order valence-corrected chi connectivity index (χ3v) is 1.64. The molecular weight excluding hydrogens is 180 g/mol. The number of carbonyl (C=O) groups excluding carboxylic acids is 1. The summed E-state index contributed by atoms with van der Waals surface area (Å²) >= 11 is 0. The van der Waals surface area contributed by atoms with Crippen LogP contribution in [-0.4, -0.2) is 21.7 Å². The lowest BCUT2D eigenvalue weighted by atomic mass is 10.3. The molecule has 2 N–H and O–H groups in total. The van der Waals surface area contributed by atoms with Crippen molar-refractivity contribution in [2.75, 3.05) is 5.32 Å². The highest BCUT2D eigenvalue weighted by Gasteiger charge is 2.16. The minimum Gasteiger partial charge on any atom is -0.347 e. The molecule has 0 heterocycles. The largest absolute Gasteiger partial charge is 0.535 e. The molecule has 0 aromatic heterocycles. The van der Waals surface area contributed by atoms with Gasteiger partial charge in [0.2, 0.25) is 0 Å². The second-order valence-corrected chi connectivity index (χ2v) is 3.06. The molecule has 4 heteroatoms. The molecule has 4 nitrogen and oxygen atoms in total. The zero-order chi connectivity index (χ0) is 10.6. The number of anilines is 1. The van der Waals surface area contributed by atoms with E-state index in [1.807, 2.05) is 6.07 Å². The molecule has 74 valence electrons. The van der Waals surface area contributed by atoms with E-state index in [2.05, 4.69) is 5.32 Å². The normalized spacial score (nSPS) is 9.29. The highest BCUT2D eigenvalue weighted by Crippen LogP contribution is 2.04. The van der Waals surface area contributed by atoms with Gasteiger partial charge in [0.15, 0.2) is 0 Å². The molecule has 0 atom stereocenters. The first-order valence-corrected chi connectivity index (χ1v) is 4.26. The summed E-state index contributed by atoms with van der Waals surface area (Å²) in [5.41, 5.74) is 1.16. The predicted molar refractivity (Wildman–Crippen MR) is 53.9 cm³/mol. The van der Waals surface area contributed by atoms with Gasteiger partial charge in [-0.05, 0) is 30.7 Å². The van der Waals surface area contributed by atoms with Gasteiger partial charge in [-0.15, -0.1) is 0 Å². The van der Waals surface area contributed by atoms with Crippen molar-refractivity contribution < 1.29 is 14.7 Å². The van der Waals surface area contributed by atoms with Gasteiger partial charge in [0, 0.05) is 0 Å². The van der Waals surface area contributed by atoms with Crippen LogP contribution in [0.5, 0.6) is 0 Å². The van der Waals surface area contributed by atoms with E-state index in [-0.39, 0.29) is 0 Å². The van der Waals surface area contributed by atoms with Crippen LogP contribution in [0, 0.1) is 0 Å². The first-order chi connectivity index (χ1) is 6.61. The van der Waals surface area contributed by atoms with Crippen LogP contribution in [-0.2, 0) is 0 Å². The minimum absolute atomic E-state index is 0.512. The molecule has 0 fully saturated rings. The van der Waals surface area contributed by atoms with Crippen molar-refractivity contribution in [1.82, 2.24) is 0 Å². The number of amides is 2. The van der Waals surface area contributed by atoms with E-state index in [4.69, 9.17) is 0 Å². The van der Waals surface area contributed by atoms with Gasteiger partial charge in [0.25, 0.3) is 0 Å². The second kappa shape index (κ2) is 4.41. The molecule has 0 bridgehead atoms. The molecule has 1 rings (SSSR count). The van der Waals surface area contributed by atoms with Crippen LogP contribution in [0.15, 0.2) is 30.3 Å². The topological polar surface area (TPSA) is 52.3 Å². The smallest absolute Gasteiger partial charge is 0.347 e. The van der Waals surface area contributed by atoms with Gasteiger partial charge < -0.3 is 5.21 Å². The summed E-state index contributed by atoms with van der Waals surface area (Å²) in [6, 6.07) is 8.40. The summed E-state index contributed by atoms with van der Waals surface area (Å²) in [5.74, 6) is 0. The molecule has 0 spiro atoms. The summed E-state index contributed by atoms with van der Waals surface area (Å²) in [4.78, 5) is 11.3. The van der Waals surface area contributed by atoms with Crippen molar-refractivity contribution in [2.45, 2.75) is 13.8 Å². The zero-order valence-corrected chi connectivity index (χ0v) is 8.19. The summed E-state index contributed by atoms with van der Waals surface area (Å²) in [7, 11) is 0. The summed E-state index contributed by atoms with van der Waals surface area (Å²) in [5, 5.41) is 11.8. The average molecular weight is 193 g/mol. The van der Waals surface area contributed by atoms with Crippen LogP contribution in [0.4, 0.5) is 10.5 Å². The molecule has 0 saturated heterocycles. The number of hydroxylamine groups is 1. The number of para-hydroxylation sites is 1. The molecule has 0 radical (unpaired) electrons. The zero-order valence-electron chi connectivity index (χ0n) is 8.19. The number of benzene rings is 1. The summed E-state index contributed by atoms with van der Waals surface area (Å²) < 4.78 is 0.576. The number of carbonyl (C=O) groups is 1. The Morgan fingerprint density at radius 1 is 1.29 bits per heavy atom. The van der Waals surface area contributed by atoms with E-state index in [0.29, 0.717) is 16.1 Å². The number of nitrogens with zero attached hydrogens (tertiary/aromatic N) is 1. The van der Waals surface area contributed by atoms with Crippen molar-refractivity contribution in [3.8, 4) is 0 Å². The summed E-state index contributed by atoms with van der Waals surface area (Å²) in [6.45, 7) is 3.29. The standard InChI is InChI=1S/C10H12N2O2/c1-8(2)12(14)10(13)11-9-6-4-3-5-7-9/h3-7H,1-2H3,(H-,11,13,14)/p+1. The molecular formula is C10H13N2O2+. The highest BCUT2D eigenvalue weighted by atomic mass is 16.5. The van der Waals surface area contributed by atoms with E-state index in [0.717, 1.165) is 0 Å². The first-order valence-electron chi connectivity index (χ1n) is 4.26. The number of hydrogen-bond acceptors (Lipinski definition) is 2. The molecule has 1 aromatic carbocycles. The van der Waals surface area contributed by atoms with E-state index in [1.54, 1.807) is 38.1 Å². The quantitative estimate of drug-likeness (QED) is 0.236. The fraction of sp³-hybridized carbons (Fsp3) is 0.200. The summed E-state index contributed by atoms with van der Waals surface area (Å²) in [6.07, 6.45) is 0. The molecule has 1 aromatic rings. The van der Waals surface area contributed by atoms with E-state index < -0.39 is 6.03 Å². The SMILES string of the molecule is CC(C)=[N+](O)C(=O)Nc1ccccc1. The maximum absolute atomic E-state index is 11.3. The van der Waals surface area contributed by atoms with Crippen molar-refractivity contribution in [3.05, 3.63) is 30.3 Å². The fourth-order valence-electron chi connectivity index (χ4n) is 0.901. The average Bonchev–Trinajstić information content (AvgIpc) is 2.18. The number of hydrogen-bond donors (Lipinski definition) is 2. The Morgan fingerprint density at radius 2 is 1.86 bits per heavy atom. The molecule has 0 unspecified atom stereocenters. The minimum atomic E-state index is -0.559. The van der Waals surface area contributed by atoms with Gasteiger partial charge in [0.05, 0.1) is 0 Å². The van der Waals surface area contributed by atoms with Crippen molar-refractivity contribution in [2.24, 2.45) is 0 Å². The second-order valence-electron chi connectivity index (χ2n) is 3.06. The van der Waals surface area contributed by atoms with Gasteiger partial charge in [-0.1, -0.05) is 18.2 Å². The van der Waals surface area contributed by atoms with Crippen LogP contribution in [0.2, 0.25) is 0 Å². The Morgan fingerprint density at radius 3 is 2.36 bits per heavy atom. The Labute approximate surface area is 82.5 Å². The van der Waals surface area contributed by atoms with Crippen molar-refractivity contribution in [3.63, 3.8) is 0 Å². The van der Waals surface area contributed by atoms with Gasteiger partial charge >= 0.3 is 6.03 Å². The Bertz CT molecular complexity index is 354. The van der Waals surface area contributed by atoms with Crippen LogP contribution in [0.25, 0.3) is 0 Å². The lowest BCUT2D eigenvalue weighted by molar-refractivity contribution is -0.697. The first kappa shape index (κ1) is 10.2. The maximum atomic E-state index is 11.3. The monoisotopic (exact) mass is 193 g/mol. The van der Waals surface area contributed by atoms with E-state index >= 15 is 0 Å². The molecule has 2 amide bonds. The number of urea groups is 1. The maximum Gasteiger partial charge on any atom is 0.535 e. The predicted octanol–water partition coefficient (Wildman–Crippen LogP) is 2.10. The molecule has 0 saturated carbocycles. The number of rotatable bonds is 1. The Hall–Kier alpha value is -1.84. The highest BCUT2D eigenvalue weighted by molar-refractivity contribution is 5.88. The van der Waals surface area contributed by atoms with Crippen molar-refractivity contribution in [1.29, 1.82) is 0 Å². The van der Waals surface area contributed by atoms with Crippen LogP contribution in [0.1, 0.15) is 13.8 Å². The third kappa shape index (κ3) is 2.58. The van der Waals surface area contributed by atoms with Crippen molar-refractivity contribution >= 4 is 17.4 Å². The lowest BCUT2D eigenvalue weighted by Crippen LogP contribution is -2.26. The van der Waals surface area contributed by atoms with E-state index in [1.165, 1.54) is 0 Å². The molecule has 14 heavy (non-hydrogen) atoms. The van der Waals surface area contributed by atoms with Gasteiger partial charge in [0.1, 0.15) is 11.4 Å². The lowest BCUT2D eigenvalue weighted by Gasteiger charge is -1.97. The molecule has 0 aliphatic carbocycles. The molecule has 0 aliphatic heterocycles. The van der Waals surface area contributed by atoms with Crippen LogP contribution >= 0.6 is 0 Å². The third-order valence-electron chi connectivity index (χ3n) is 1.64. The van der Waals surface area contributed by atoms with Crippen LogP contribution < -0.4 is 5.32 Å². The molecule has 0 aliphatic rings. The van der Waals surface area contributed by atoms with Crippen LogP contribution in [0.3, 0.4) is 0 Å². The van der Waals surface area contributed by atoms with Gasteiger partial charge in [-0.25, -0.2) is 5.32 Å². The van der Waals surface area contributed by atoms with E-state index in [9.17, 15) is 10.0 Å². The Kier molecular flexibility index (Phi) is 3.23. The fourth-order valence-corrected chi connectivity index (χ4v) is 0.901.